The van der Waals surface area contributed by atoms with Gasteiger partial charge in [0.15, 0.2) is 0 Å². The summed E-state index contributed by atoms with van der Waals surface area (Å²) in [6, 6.07) is -0.866. The molecule has 0 saturated carbocycles. The third kappa shape index (κ3) is 3.50. The minimum atomic E-state index is -4.83. The van der Waals surface area contributed by atoms with Gasteiger partial charge in [-0.3, -0.25) is 0 Å². The van der Waals surface area contributed by atoms with E-state index < -0.39 is 34.5 Å². The van der Waals surface area contributed by atoms with Crippen LogP contribution in [0.5, 0.6) is 0 Å². The lowest BCUT2D eigenvalue weighted by Crippen LogP contribution is -2.28. The third-order valence-corrected chi connectivity index (χ3v) is 2.18. The van der Waals surface area contributed by atoms with E-state index in [1.165, 1.54) is 0 Å². The van der Waals surface area contributed by atoms with E-state index in [1.54, 1.807) is 0 Å². The van der Waals surface area contributed by atoms with Crippen LogP contribution in [0.4, 0.5) is 26.3 Å². The van der Waals surface area contributed by atoms with Gasteiger partial charge < -0.3 is 5.73 Å². The molecule has 0 aliphatic carbocycles. The molecule has 0 fully saturated rings. The molecule has 96 valence electrons. The Kier molecular flexibility index (Phi) is 3.63. The summed E-state index contributed by atoms with van der Waals surface area (Å²) in [6.07, 6.45) is -9.60. The number of nitrogens with two attached hydrogens (primary N) is 1. The number of rotatable bonds is 1. The average molecular weight is 278 g/mol. The topological polar surface area (TPSA) is 26.0 Å². The van der Waals surface area contributed by atoms with E-state index in [-0.39, 0.29) is 0 Å². The summed E-state index contributed by atoms with van der Waals surface area (Å²) >= 11 is 5.33. The lowest BCUT2D eigenvalue weighted by atomic mass is 10.0. The molecule has 0 saturated heterocycles. The Bertz CT molecular complexity index is 411. The minimum Gasteiger partial charge on any atom is -0.316 e. The molecule has 17 heavy (non-hydrogen) atoms. The van der Waals surface area contributed by atoms with Gasteiger partial charge in [-0.15, -0.1) is 0 Å². The van der Waals surface area contributed by atoms with Crippen molar-refractivity contribution in [3.63, 3.8) is 0 Å². The zero-order chi connectivity index (χ0) is 13.4. The molecule has 0 aromatic heterocycles. The van der Waals surface area contributed by atoms with Gasteiger partial charge in [0.05, 0.1) is 5.56 Å². The Labute approximate surface area is 97.2 Å². The molecule has 1 aromatic carbocycles. The third-order valence-electron chi connectivity index (χ3n) is 1.96. The summed E-state index contributed by atoms with van der Waals surface area (Å²) in [5, 5.41) is -0.450. The monoisotopic (exact) mass is 277 g/mol. The first-order chi connectivity index (χ1) is 7.51. The van der Waals surface area contributed by atoms with Gasteiger partial charge in [0.2, 0.25) is 0 Å². The number of hydrogen-bond donors (Lipinski definition) is 1. The van der Waals surface area contributed by atoms with Gasteiger partial charge in [0.1, 0.15) is 6.04 Å². The Balaban J connectivity index is 3.24. The SMILES string of the molecule is N[C@H](c1cc(Cl)cc(C(F)(F)F)c1)C(F)(F)F. The maximum Gasteiger partial charge on any atom is 0.416 e. The summed E-state index contributed by atoms with van der Waals surface area (Å²) in [7, 11) is 0. The molecule has 0 spiro atoms. The van der Waals surface area contributed by atoms with Crippen LogP contribution in [0.3, 0.4) is 0 Å². The van der Waals surface area contributed by atoms with E-state index >= 15 is 0 Å². The van der Waals surface area contributed by atoms with Crippen molar-refractivity contribution in [2.45, 2.75) is 18.4 Å². The van der Waals surface area contributed by atoms with Crippen molar-refractivity contribution in [3.05, 3.63) is 34.3 Å². The number of benzene rings is 1. The molecule has 1 rings (SSSR count). The molecule has 1 aromatic rings. The summed E-state index contributed by atoms with van der Waals surface area (Å²) in [5.41, 5.74) is 2.81. The van der Waals surface area contributed by atoms with Crippen LogP contribution < -0.4 is 5.73 Å². The van der Waals surface area contributed by atoms with Crippen molar-refractivity contribution in [1.82, 2.24) is 0 Å². The first-order valence-electron chi connectivity index (χ1n) is 4.22. The molecule has 1 atom stereocenters. The van der Waals surface area contributed by atoms with E-state index in [1.807, 2.05) is 0 Å². The van der Waals surface area contributed by atoms with Gasteiger partial charge >= 0.3 is 12.4 Å². The highest BCUT2D eigenvalue weighted by Crippen LogP contribution is 2.36. The van der Waals surface area contributed by atoms with E-state index in [0.29, 0.717) is 12.1 Å². The van der Waals surface area contributed by atoms with E-state index in [0.717, 1.165) is 6.07 Å². The van der Waals surface area contributed by atoms with Crippen LogP contribution in [0.2, 0.25) is 5.02 Å². The van der Waals surface area contributed by atoms with Gasteiger partial charge in [0.25, 0.3) is 0 Å². The van der Waals surface area contributed by atoms with Crippen LogP contribution in [0.1, 0.15) is 17.2 Å². The van der Waals surface area contributed by atoms with E-state index in [2.05, 4.69) is 0 Å². The first-order valence-corrected chi connectivity index (χ1v) is 4.59. The Morgan fingerprint density at radius 2 is 1.53 bits per heavy atom. The molecule has 8 heteroatoms. The molecular weight excluding hydrogens is 272 g/mol. The fourth-order valence-electron chi connectivity index (χ4n) is 1.14. The van der Waals surface area contributed by atoms with Crippen LogP contribution in [0.25, 0.3) is 0 Å². The predicted octanol–water partition coefficient (Wildman–Crippen LogP) is 3.92. The van der Waals surface area contributed by atoms with Crippen molar-refractivity contribution in [1.29, 1.82) is 0 Å². The fourth-order valence-corrected chi connectivity index (χ4v) is 1.39. The van der Waals surface area contributed by atoms with Crippen molar-refractivity contribution in [3.8, 4) is 0 Å². The molecule has 0 aliphatic rings. The van der Waals surface area contributed by atoms with E-state index in [4.69, 9.17) is 17.3 Å². The van der Waals surface area contributed by atoms with Gasteiger partial charge in [-0.2, -0.15) is 26.3 Å². The normalized spacial score (nSPS) is 14.8. The number of halogens is 7. The number of hydrogen-bond acceptors (Lipinski definition) is 1. The summed E-state index contributed by atoms with van der Waals surface area (Å²) < 4.78 is 73.7. The zero-order valence-corrected chi connectivity index (χ0v) is 8.79. The quantitative estimate of drug-likeness (QED) is 0.774. The van der Waals surface area contributed by atoms with Gasteiger partial charge in [-0.05, 0) is 23.8 Å². The largest absolute Gasteiger partial charge is 0.416 e. The molecule has 0 bridgehead atoms. The predicted molar refractivity (Wildman–Crippen MR) is 49.4 cm³/mol. The smallest absolute Gasteiger partial charge is 0.316 e. The number of alkyl halides is 6. The lowest BCUT2D eigenvalue weighted by molar-refractivity contribution is -0.150. The van der Waals surface area contributed by atoms with Crippen LogP contribution in [0.15, 0.2) is 18.2 Å². The van der Waals surface area contributed by atoms with Gasteiger partial charge in [-0.25, -0.2) is 0 Å². The van der Waals surface area contributed by atoms with Crippen LogP contribution >= 0.6 is 11.6 Å². The van der Waals surface area contributed by atoms with Crippen LogP contribution in [0, 0.1) is 0 Å². The summed E-state index contributed by atoms with van der Waals surface area (Å²) in [6.45, 7) is 0. The van der Waals surface area contributed by atoms with Gasteiger partial charge in [0, 0.05) is 5.02 Å². The highest BCUT2D eigenvalue weighted by molar-refractivity contribution is 6.30. The fraction of sp³-hybridized carbons (Fsp3) is 0.333. The molecular formula is C9H6ClF6N. The second-order valence-electron chi connectivity index (χ2n) is 3.29. The van der Waals surface area contributed by atoms with Crippen molar-refractivity contribution in [2.75, 3.05) is 0 Å². The molecule has 0 aliphatic heterocycles. The van der Waals surface area contributed by atoms with E-state index in [9.17, 15) is 26.3 Å². The standard InChI is InChI=1S/C9H6ClF6N/c10-6-2-4(7(17)9(14,15)16)1-5(3-6)8(11,12)13/h1-3,7H,17H2/t7-/m1/s1. The van der Waals surface area contributed by atoms with Crippen LogP contribution in [-0.2, 0) is 6.18 Å². The minimum absolute atomic E-state index is 0.337. The molecule has 1 nitrogen and oxygen atoms in total. The Morgan fingerprint density at radius 1 is 1.00 bits per heavy atom. The first kappa shape index (κ1) is 14.1. The summed E-state index contributed by atoms with van der Waals surface area (Å²) in [4.78, 5) is 0. The average Bonchev–Trinajstić information content (AvgIpc) is 2.12. The molecule has 0 heterocycles. The van der Waals surface area contributed by atoms with Crippen LogP contribution in [-0.4, -0.2) is 6.18 Å². The highest BCUT2D eigenvalue weighted by Gasteiger charge is 2.39. The maximum absolute atomic E-state index is 12.3. The van der Waals surface area contributed by atoms with Crippen molar-refractivity contribution in [2.24, 2.45) is 5.73 Å². The van der Waals surface area contributed by atoms with Gasteiger partial charge in [-0.1, -0.05) is 11.6 Å². The molecule has 2 N–H and O–H groups in total. The second kappa shape index (κ2) is 4.38. The Hall–Kier alpha value is -0.950. The lowest BCUT2D eigenvalue weighted by Gasteiger charge is -2.17. The molecule has 0 unspecified atom stereocenters. The maximum atomic E-state index is 12.3. The Morgan fingerprint density at radius 3 is 1.94 bits per heavy atom. The second-order valence-corrected chi connectivity index (χ2v) is 3.73. The highest BCUT2D eigenvalue weighted by atomic mass is 35.5. The zero-order valence-electron chi connectivity index (χ0n) is 8.03. The van der Waals surface area contributed by atoms with Crippen molar-refractivity contribution < 1.29 is 26.3 Å². The summed E-state index contributed by atoms with van der Waals surface area (Å²) in [5.74, 6) is 0. The molecule has 0 radical (unpaired) electrons. The van der Waals surface area contributed by atoms with Crippen molar-refractivity contribution >= 4 is 11.6 Å². The molecule has 0 amide bonds.